The molecule has 0 aromatic heterocycles. The molecule has 1 aliphatic carbocycles. The fourth-order valence-electron chi connectivity index (χ4n) is 4.13. The van der Waals surface area contributed by atoms with Crippen LogP contribution < -0.4 is 9.44 Å². The van der Waals surface area contributed by atoms with Gasteiger partial charge >= 0.3 is 0 Å². The van der Waals surface area contributed by atoms with Gasteiger partial charge < -0.3 is 15.4 Å². The maximum atomic E-state index is 13.5. The number of oxime groups is 1. The molecule has 0 heterocycles. The second kappa shape index (κ2) is 9.45. The fourth-order valence-corrected chi connectivity index (χ4v) is 6.29. The van der Waals surface area contributed by atoms with Crippen molar-refractivity contribution in [1.29, 1.82) is 0 Å². The van der Waals surface area contributed by atoms with Gasteiger partial charge in [-0.15, -0.1) is 0 Å². The highest BCUT2D eigenvalue weighted by molar-refractivity contribution is 7.93. The van der Waals surface area contributed by atoms with Gasteiger partial charge in [0.1, 0.15) is 17.2 Å². The first-order chi connectivity index (χ1) is 18.5. The summed E-state index contributed by atoms with van der Waals surface area (Å²) < 4.78 is 56.6. The minimum Gasteiger partial charge on any atom is -0.508 e. The Morgan fingerprint density at radius 3 is 1.41 bits per heavy atom. The van der Waals surface area contributed by atoms with Gasteiger partial charge in [-0.05, 0) is 48.5 Å². The van der Waals surface area contributed by atoms with Gasteiger partial charge in [0.25, 0.3) is 20.0 Å². The van der Waals surface area contributed by atoms with Crippen molar-refractivity contribution in [2.45, 2.75) is 9.79 Å². The number of ketones is 1. The molecule has 4 aromatic rings. The van der Waals surface area contributed by atoms with E-state index in [9.17, 15) is 37.1 Å². The van der Waals surface area contributed by atoms with Crippen LogP contribution in [0.3, 0.4) is 0 Å². The first-order valence-electron chi connectivity index (χ1n) is 11.2. The number of carbonyl (C=O) groups is 1. The van der Waals surface area contributed by atoms with E-state index >= 15 is 0 Å². The maximum Gasteiger partial charge on any atom is 0.261 e. The molecule has 0 fully saturated rings. The van der Waals surface area contributed by atoms with Crippen molar-refractivity contribution >= 4 is 42.9 Å². The first kappa shape index (κ1) is 25.8. The van der Waals surface area contributed by atoms with Crippen molar-refractivity contribution in [2.75, 3.05) is 9.44 Å². The predicted octanol–water partition coefficient (Wildman–Crippen LogP) is 3.47. The Hall–Kier alpha value is -4.88. The molecule has 198 valence electrons. The highest BCUT2D eigenvalue weighted by Crippen LogP contribution is 2.32. The Kier molecular flexibility index (Phi) is 6.24. The van der Waals surface area contributed by atoms with Crippen LogP contribution in [-0.2, 0) is 20.0 Å². The van der Waals surface area contributed by atoms with E-state index in [1.165, 1.54) is 72.8 Å². The molecule has 5 rings (SSSR count). The van der Waals surface area contributed by atoms with E-state index in [0.717, 1.165) is 12.1 Å². The van der Waals surface area contributed by atoms with Crippen LogP contribution in [0.4, 0.5) is 11.4 Å². The monoisotopic (exact) mass is 565 g/mol. The number of phenolic OH excluding ortho intramolecular Hbond substituents is 2. The van der Waals surface area contributed by atoms with Crippen LogP contribution in [0.5, 0.6) is 11.5 Å². The van der Waals surface area contributed by atoms with Crippen LogP contribution in [-0.4, -0.2) is 43.8 Å². The number of benzene rings is 4. The topological polar surface area (TPSA) is 182 Å². The van der Waals surface area contributed by atoms with E-state index < -0.39 is 25.8 Å². The second-order valence-electron chi connectivity index (χ2n) is 8.50. The third-order valence-electron chi connectivity index (χ3n) is 5.90. The summed E-state index contributed by atoms with van der Waals surface area (Å²) in [6.07, 6.45) is 0. The lowest BCUT2D eigenvalue weighted by atomic mass is 9.83. The first-order valence-corrected chi connectivity index (χ1v) is 14.1. The number of anilines is 2. The zero-order chi connectivity index (χ0) is 27.9. The molecular weight excluding hydrogens is 546 g/mol. The van der Waals surface area contributed by atoms with Gasteiger partial charge in [0.15, 0.2) is 5.78 Å². The molecule has 5 N–H and O–H groups in total. The van der Waals surface area contributed by atoms with Crippen molar-refractivity contribution in [2.24, 2.45) is 5.16 Å². The third kappa shape index (κ3) is 4.87. The van der Waals surface area contributed by atoms with Gasteiger partial charge in [0.2, 0.25) is 0 Å². The Morgan fingerprint density at radius 1 is 0.590 bits per heavy atom. The third-order valence-corrected chi connectivity index (χ3v) is 8.66. The fraction of sp³-hybridized carbons (Fsp3) is 0. The summed E-state index contributed by atoms with van der Waals surface area (Å²) in [5, 5.41) is 32.3. The number of rotatable bonds is 6. The molecule has 0 amide bonds. The van der Waals surface area contributed by atoms with Crippen molar-refractivity contribution < 1.29 is 37.1 Å². The molecule has 0 bridgehead atoms. The van der Waals surface area contributed by atoms with E-state index in [4.69, 9.17) is 0 Å². The van der Waals surface area contributed by atoms with Crippen molar-refractivity contribution in [3.63, 3.8) is 0 Å². The van der Waals surface area contributed by atoms with E-state index in [-0.39, 0.29) is 60.6 Å². The molecule has 11 nitrogen and oxygen atoms in total. The lowest BCUT2D eigenvalue weighted by Crippen LogP contribution is -2.24. The number of phenols is 2. The van der Waals surface area contributed by atoms with Gasteiger partial charge in [-0.3, -0.25) is 14.2 Å². The van der Waals surface area contributed by atoms with Gasteiger partial charge in [-0.1, -0.05) is 29.4 Å². The number of sulfonamides is 2. The molecule has 4 aromatic carbocycles. The average Bonchev–Trinajstić information content (AvgIpc) is 2.88. The summed E-state index contributed by atoms with van der Waals surface area (Å²) >= 11 is 0. The van der Waals surface area contributed by atoms with Gasteiger partial charge in [-0.25, -0.2) is 16.8 Å². The summed E-state index contributed by atoms with van der Waals surface area (Å²) in [6.45, 7) is 0. The summed E-state index contributed by atoms with van der Waals surface area (Å²) in [6, 6.07) is 18.2. The standard InChI is InChI=1S/C26H19N3O8S2/c30-17-5-1-3-15(11-17)28-38(34,35)19-7-9-21-23(13-19)26(32)24-14-20(8-10-22(24)25(21)27-33)39(36,37)29-16-4-2-6-18(31)12-16/h1-14,28-31,33H. The SMILES string of the molecule is O=C1c2cc(S(=O)(=O)Nc3cccc(O)c3)ccc2C(=NO)c2ccc(S(=O)(=O)Nc3cccc(O)c3)cc21. The molecule has 0 radical (unpaired) electrons. The summed E-state index contributed by atoms with van der Waals surface area (Å²) in [5.41, 5.74) is 0.204. The van der Waals surface area contributed by atoms with E-state index in [1.54, 1.807) is 0 Å². The van der Waals surface area contributed by atoms with E-state index in [0.29, 0.717) is 0 Å². The number of nitrogens with one attached hydrogen (secondary N) is 2. The molecular formula is C26H19N3O8S2. The van der Waals surface area contributed by atoms with Crippen LogP contribution in [0, 0.1) is 0 Å². The summed E-state index contributed by atoms with van der Waals surface area (Å²) in [4.78, 5) is 12.9. The van der Waals surface area contributed by atoms with E-state index in [1.807, 2.05) is 0 Å². The minimum atomic E-state index is -4.20. The van der Waals surface area contributed by atoms with E-state index in [2.05, 4.69) is 14.6 Å². The predicted molar refractivity (Wildman–Crippen MR) is 142 cm³/mol. The zero-order valence-electron chi connectivity index (χ0n) is 19.7. The van der Waals surface area contributed by atoms with Gasteiger partial charge in [-0.2, -0.15) is 0 Å². The molecule has 0 unspecified atom stereocenters. The van der Waals surface area contributed by atoms with Crippen LogP contribution >= 0.6 is 0 Å². The number of carbonyl (C=O) groups excluding carboxylic acids is 1. The smallest absolute Gasteiger partial charge is 0.261 e. The molecule has 0 spiro atoms. The van der Waals surface area contributed by atoms with Gasteiger partial charge in [0.05, 0.1) is 21.2 Å². The summed E-state index contributed by atoms with van der Waals surface area (Å²) in [7, 11) is -8.40. The van der Waals surface area contributed by atoms with Crippen LogP contribution in [0.25, 0.3) is 0 Å². The Bertz CT molecular complexity index is 1770. The number of nitrogens with zero attached hydrogens (tertiary/aromatic N) is 1. The molecule has 1 aliphatic rings. The largest absolute Gasteiger partial charge is 0.508 e. The number of aromatic hydroxyl groups is 2. The Morgan fingerprint density at radius 2 is 1.03 bits per heavy atom. The van der Waals surface area contributed by atoms with Crippen LogP contribution in [0.1, 0.15) is 27.0 Å². The quantitative estimate of drug-likeness (QED) is 0.153. The molecule has 39 heavy (non-hydrogen) atoms. The number of hydrogen-bond acceptors (Lipinski definition) is 9. The van der Waals surface area contributed by atoms with Crippen molar-refractivity contribution in [3.8, 4) is 11.5 Å². The normalized spacial score (nSPS) is 12.8. The van der Waals surface area contributed by atoms with Gasteiger partial charge in [0, 0.05) is 34.4 Å². The molecule has 0 atom stereocenters. The maximum absolute atomic E-state index is 13.5. The zero-order valence-corrected chi connectivity index (χ0v) is 21.4. The number of fused-ring (bicyclic) bond motifs is 2. The van der Waals surface area contributed by atoms with Crippen LogP contribution in [0.2, 0.25) is 0 Å². The summed E-state index contributed by atoms with van der Waals surface area (Å²) in [5.74, 6) is -0.989. The highest BCUT2D eigenvalue weighted by atomic mass is 32.2. The lowest BCUT2D eigenvalue weighted by Gasteiger charge is -2.21. The molecule has 0 saturated carbocycles. The van der Waals surface area contributed by atoms with Crippen LogP contribution in [0.15, 0.2) is 99.9 Å². The van der Waals surface area contributed by atoms with Crippen molar-refractivity contribution in [3.05, 3.63) is 107 Å². The molecule has 0 saturated heterocycles. The second-order valence-corrected chi connectivity index (χ2v) is 11.9. The molecule has 0 aliphatic heterocycles. The highest BCUT2D eigenvalue weighted by Gasteiger charge is 2.32. The number of hydrogen-bond donors (Lipinski definition) is 5. The lowest BCUT2D eigenvalue weighted by molar-refractivity contribution is 0.103. The minimum absolute atomic E-state index is 0.0469. The van der Waals surface area contributed by atoms with Crippen molar-refractivity contribution in [1.82, 2.24) is 0 Å². The average molecular weight is 566 g/mol. The Balaban J connectivity index is 1.54. The Labute approximate surface area is 222 Å². The molecule has 13 heteroatoms.